The molecular weight excluding hydrogens is 338 g/mol. The minimum Gasteiger partial charge on any atom is -0.460 e. The van der Waals surface area contributed by atoms with Gasteiger partial charge in [0.05, 0.1) is 5.56 Å². The molecule has 8 heteroatoms. The number of thioether (sulfide) groups is 1. The van der Waals surface area contributed by atoms with Crippen molar-refractivity contribution in [1.82, 2.24) is 10.3 Å². The number of nitrogens with one attached hydrogen (secondary N) is 1. The molecule has 0 aliphatic rings. The Labute approximate surface area is 141 Å². The number of hydrogen-bond donors (Lipinski definition) is 1. The van der Waals surface area contributed by atoms with Crippen LogP contribution in [-0.2, 0) is 16.1 Å². The number of amides is 1. The Morgan fingerprint density at radius 3 is 2.62 bits per heavy atom. The van der Waals surface area contributed by atoms with Crippen molar-refractivity contribution >= 4 is 23.6 Å². The Morgan fingerprint density at radius 2 is 1.92 bits per heavy atom. The molecule has 0 unspecified atom stereocenters. The first kappa shape index (κ1) is 17.9. The first-order valence-corrected chi connectivity index (χ1v) is 7.82. The highest BCUT2D eigenvalue weighted by Gasteiger charge is 2.17. The van der Waals surface area contributed by atoms with E-state index < -0.39 is 17.6 Å². The molecule has 0 spiro atoms. The number of alkyl halides is 2. The smallest absolute Gasteiger partial charge is 0.325 e. The number of benzene rings is 1. The zero-order chi connectivity index (χ0) is 17.4. The van der Waals surface area contributed by atoms with Crippen LogP contribution in [0.15, 0.2) is 53.7 Å². The summed E-state index contributed by atoms with van der Waals surface area (Å²) < 4.78 is 29.9. The molecule has 1 heterocycles. The van der Waals surface area contributed by atoms with Crippen LogP contribution in [0.4, 0.5) is 8.78 Å². The van der Waals surface area contributed by atoms with Gasteiger partial charge in [0, 0.05) is 6.20 Å². The lowest BCUT2D eigenvalue weighted by Crippen LogP contribution is -2.31. The fraction of sp³-hybridized carbons (Fsp3) is 0.188. The third-order valence-corrected chi connectivity index (χ3v) is 3.58. The Hall–Kier alpha value is -2.48. The van der Waals surface area contributed by atoms with E-state index in [1.165, 1.54) is 18.3 Å². The molecule has 126 valence electrons. The molecule has 5 nitrogen and oxygen atoms in total. The van der Waals surface area contributed by atoms with Crippen molar-refractivity contribution in [3.8, 4) is 0 Å². The predicted octanol–water partition coefficient (Wildman–Crippen LogP) is 2.87. The number of halogens is 2. The number of hydrogen-bond acceptors (Lipinski definition) is 5. The van der Waals surface area contributed by atoms with Crippen LogP contribution in [0.25, 0.3) is 0 Å². The van der Waals surface area contributed by atoms with Gasteiger partial charge in [-0.25, -0.2) is 4.98 Å². The van der Waals surface area contributed by atoms with E-state index in [1.54, 1.807) is 12.1 Å². The van der Waals surface area contributed by atoms with Crippen LogP contribution in [0.2, 0.25) is 0 Å². The first-order valence-electron chi connectivity index (χ1n) is 6.94. The van der Waals surface area contributed by atoms with Gasteiger partial charge in [0.1, 0.15) is 18.2 Å². The standard InChI is InChI=1S/C16H14F2N2O3S/c17-16(18)24-15-12(7-4-8-19-15)14(22)20-9-13(21)23-10-11-5-2-1-3-6-11/h1-8,16H,9-10H2,(H,20,22). The van der Waals surface area contributed by atoms with Crippen molar-refractivity contribution in [3.05, 3.63) is 59.8 Å². The molecule has 0 aliphatic heterocycles. The summed E-state index contributed by atoms with van der Waals surface area (Å²) in [5.41, 5.74) is 0.804. The number of pyridine rings is 1. The third-order valence-electron chi connectivity index (χ3n) is 2.85. The van der Waals surface area contributed by atoms with E-state index in [2.05, 4.69) is 10.3 Å². The van der Waals surface area contributed by atoms with Crippen LogP contribution in [0.3, 0.4) is 0 Å². The number of carbonyl (C=O) groups is 2. The minimum atomic E-state index is -2.69. The van der Waals surface area contributed by atoms with Crippen molar-refractivity contribution in [2.24, 2.45) is 0 Å². The van der Waals surface area contributed by atoms with Gasteiger partial charge in [0.25, 0.3) is 11.7 Å². The molecule has 0 fully saturated rings. The summed E-state index contributed by atoms with van der Waals surface area (Å²) in [6.07, 6.45) is 1.32. The van der Waals surface area contributed by atoms with E-state index in [0.29, 0.717) is 0 Å². The lowest BCUT2D eigenvalue weighted by atomic mass is 10.2. The first-order chi connectivity index (χ1) is 11.6. The van der Waals surface area contributed by atoms with Gasteiger partial charge in [-0.05, 0) is 29.5 Å². The van der Waals surface area contributed by atoms with Gasteiger partial charge >= 0.3 is 5.97 Å². The molecule has 24 heavy (non-hydrogen) atoms. The Bertz CT molecular complexity index is 699. The summed E-state index contributed by atoms with van der Waals surface area (Å²) in [7, 11) is 0. The number of nitrogens with zero attached hydrogens (tertiary/aromatic N) is 1. The van der Waals surface area contributed by atoms with Gasteiger partial charge in [-0.2, -0.15) is 8.78 Å². The average Bonchev–Trinajstić information content (AvgIpc) is 2.58. The van der Waals surface area contributed by atoms with E-state index >= 15 is 0 Å². The topological polar surface area (TPSA) is 68.3 Å². The molecule has 1 aromatic heterocycles. The zero-order valence-electron chi connectivity index (χ0n) is 12.4. The fourth-order valence-electron chi connectivity index (χ4n) is 1.78. The van der Waals surface area contributed by atoms with Gasteiger partial charge in [0.15, 0.2) is 0 Å². The summed E-state index contributed by atoms with van der Waals surface area (Å²) in [6.45, 7) is -0.270. The quantitative estimate of drug-likeness (QED) is 0.613. The number of rotatable bonds is 7. The molecule has 2 aromatic rings. The molecule has 1 N–H and O–H groups in total. The van der Waals surface area contributed by atoms with Crippen molar-refractivity contribution in [2.45, 2.75) is 17.4 Å². The molecule has 2 rings (SSSR count). The van der Waals surface area contributed by atoms with Gasteiger partial charge in [-0.3, -0.25) is 9.59 Å². The van der Waals surface area contributed by atoms with Gasteiger partial charge < -0.3 is 10.1 Å². The molecule has 0 radical (unpaired) electrons. The Kier molecular flexibility index (Phi) is 6.68. The molecule has 0 saturated heterocycles. The van der Waals surface area contributed by atoms with Crippen LogP contribution in [0.5, 0.6) is 0 Å². The maximum absolute atomic E-state index is 12.5. The van der Waals surface area contributed by atoms with Crippen molar-refractivity contribution in [3.63, 3.8) is 0 Å². The summed E-state index contributed by atoms with van der Waals surface area (Å²) >= 11 is 0.174. The second kappa shape index (κ2) is 8.97. The summed E-state index contributed by atoms with van der Waals surface area (Å²) in [5.74, 6) is -3.98. The van der Waals surface area contributed by atoms with Crippen LogP contribution in [0.1, 0.15) is 15.9 Å². The highest BCUT2D eigenvalue weighted by Crippen LogP contribution is 2.26. The zero-order valence-corrected chi connectivity index (χ0v) is 13.3. The summed E-state index contributed by atoms with van der Waals surface area (Å²) in [5, 5.41) is 2.24. The SMILES string of the molecule is O=C(CNC(=O)c1cccnc1SC(F)F)OCc1ccccc1. The van der Waals surface area contributed by atoms with Crippen molar-refractivity contribution in [2.75, 3.05) is 6.54 Å². The third kappa shape index (κ3) is 5.62. The van der Waals surface area contributed by atoms with Gasteiger partial charge in [-0.1, -0.05) is 30.3 Å². The van der Waals surface area contributed by atoms with Crippen LogP contribution < -0.4 is 5.32 Å². The lowest BCUT2D eigenvalue weighted by Gasteiger charge is -2.09. The van der Waals surface area contributed by atoms with E-state index in [1.807, 2.05) is 18.2 Å². The normalized spacial score (nSPS) is 10.5. The number of esters is 1. The molecule has 0 atom stereocenters. The molecule has 0 aliphatic carbocycles. The van der Waals surface area contributed by atoms with Gasteiger partial charge in [-0.15, -0.1) is 0 Å². The molecule has 0 bridgehead atoms. The maximum atomic E-state index is 12.5. The van der Waals surface area contributed by atoms with E-state index in [4.69, 9.17) is 4.74 Å². The van der Waals surface area contributed by atoms with Crippen LogP contribution in [0, 0.1) is 0 Å². The highest BCUT2D eigenvalue weighted by molar-refractivity contribution is 7.99. The second-order valence-corrected chi connectivity index (χ2v) is 5.54. The average molecular weight is 352 g/mol. The minimum absolute atomic E-state index is 0.0151. The summed E-state index contributed by atoms with van der Waals surface area (Å²) in [4.78, 5) is 27.4. The molecule has 1 aromatic carbocycles. The fourth-order valence-corrected chi connectivity index (χ4v) is 2.36. The molecular formula is C16H14F2N2O3S. The van der Waals surface area contributed by atoms with Crippen LogP contribution >= 0.6 is 11.8 Å². The predicted molar refractivity (Wildman–Crippen MR) is 84.7 cm³/mol. The highest BCUT2D eigenvalue weighted by atomic mass is 32.2. The number of carbonyl (C=O) groups excluding carboxylic acids is 2. The van der Waals surface area contributed by atoms with E-state index in [0.717, 1.165) is 5.56 Å². The van der Waals surface area contributed by atoms with E-state index in [-0.39, 0.29) is 35.5 Å². The monoisotopic (exact) mass is 352 g/mol. The second-order valence-electron chi connectivity index (χ2n) is 4.56. The summed E-state index contributed by atoms with van der Waals surface area (Å²) in [6, 6.07) is 11.9. The molecule has 1 amide bonds. The van der Waals surface area contributed by atoms with Crippen LogP contribution in [-0.4, -0.2) is 29.2 Å². The molecule has 0 saturated carbocycles. The van der Waals surface area contributed by atoms with E-state index in [9.17, 15) is 18.4 Å². The lowest BCUT2D eigenvalue weighted by molar-refractivity contribution is -0.143. The maximum Gasteiger partial charge on any atom is 0.325 e. The number of aromatic nitrogens is 1. The Balaban J connectivity index is 1.85. The van der Waals surface area contributed by atoms with Crippen molar-refractivity contribution in [1.29, 1.82) is 0 Å². The van der Waals surface area contributed by atoms with Gasteiger partial charge in [0.2, 0.25) is 0 Å². The number of ether oxygens (including phenoxy) is 1. The van der Waals surface area contributed by atoms with Crippen molar-refractivity contribution < 1.29 is 23.1 Å². The Morgan fingerprint density at radius 1 is 1.17 bits per heavy atom. The largest absolute Gasteiger partial charge is 0.460 e.